The van der Waals surface area contributed by atoms with Crippen LogP contribution in [0.4, 0.5) is 17.1 Å². The van der Waals surface area contributed by atoms with Crippen LogP contribution in [0.1, 0.15) is 42.3 Å². The number of anilines is 3. The first kappa shape index (κ1) is 30.0. The van der Waals surface area contributed by atoms with E-state index in [4.69, 9.17) is 16.3 Å². The van der Waals surface area contributed by atoms with Gasteiger partial charge in [0.2, 0.25) is 0 Å². The van der Waals surface area contributed by atoms with E-state index in [2.05, 4.69) is 55.8 Å². The fourth-order valence-electron chi connectivity index (χ4n) is 3.67. The Morgan fingerprint density at radius 3 is 2.47 bits per heavy atom. The summed E-state index contributed by atoms with van der Waals surface area (Å²) in [7, 11) is 5.22. The molecule has 0 fully saturated rings. The number of hydrazine groups is 1. The number of likely N-dealkylation sites (N-methyl/N-ethyl adjacent to an activating group) is 1. The van der Waals surface area contributed by atoms with Crippen LogP contribution >= 0.6 is 0 Å². The molecule has 0 radical (unpaired) electrons. The summed E-state index contributed by atoms with van der Waals surface area (Å²) in [5, 5.41) is 8.31. The average molecular weight is 520 g/mol. The number of aryl methyl sites for hydroxylation is 1. The van der Waals surface area contributed by atoms with Gasteiger partial charge in [0, 0.05) is 38.0 Å². The van der Waals surface area contributed by atoms with Crippen molar-refractivity contribution in [3.8, 4) is 5.75 Å². The summed E-state index contributed by atoms with van der Waals surface area (Å²) >= 11 is 0. The molecule has 38 heavy (non-hydrogen) atoms. The summed E-state index contributed by atoms with van der Waals surface area (Å²) in [5.74, 6) is 6.56. The van der Waals surface area contributed by atoms with Crippen molar-refractivity contribution in [3.63, 3.8) is 0 Å². The Kier molecular flexibility index (Phi) is 10.1. The molecule has 0 bridgehead atoms. The molecule has 0 aliphatic carbocycles. The van der Waals surface area contributed by atoms with Crippen molar-refractivity contribution in [2.45, 2.75) is 33.1 Å². The molecular weight excluding hydrogens is 478 g/mol. The van der Waals surface area contributed by atoms with E-state index in [0.29, 0.717) is 40.5 Å². The van der Waals surface area contributed by atoms with Crippen molar-refractivity contribution in [2.24, 2.45) is 16.7 Å². The van der Waals surface area contributed by atoms with Gasteiger partial charge < -0.3 is 26.1 Å². The van der Waals surface area contributed by atoms with Gasteiger partial charge in [-0.2, -0.15) is 5.10 Å². The zero-order valence-electron chi connectivity index (χ0n) is 23.6. The normalized spacial score (nSPS) is 11.7. The van der Waals surface area contributed by atoms with Gasteiger partial charge in [0.25, 0.3) is 5.91 Å². The minimum atomic E-state index is -0.302. The smallest absolute Gasteiger partial charge is 0.255 e. The van der Waals surface area contributed by atoms with Gasteiger partial charge in [-0.25, -0.2) is 5.84 Å². The molecule has 9 heteroatoms. The predicted molar refractivity (Wildman–Crippen MR) is 160 cm³/mol. The Balaban J connectivity index is 2.48. The molecule has 6 N–H and O–H groups in total. The molecule has 0 heterocycles. The molecule has 0 saturated heterocycles. The van der Waals surface area contributed by atoms with Gasteiger partial charge in [0.15, 0.2) is 5.75 Å². The maximum absolute atomic E-state index is 13.5. The number of nitrogens with two attached hydrogens (primary N) is 2. The third-order valence-electron chi connectivity index (χ3n) is 5.95. The number of rotatable bonds is 11. The molecule has 2 rings (SSSR count). The molecule has 2 aromatic carbocycles. The number of hydrogen-bond acceptors (Lipinski definition) is 8. The van der Waals surface area contributed by atoms with Crippen LogP contribution in [-0.4, -0.2) is 39.9 Å². The van der Waals surface area contributed by atoms with E-state index in [-0.39, 0.29) is 11.3 Å². The molecular formula is C29H41N7O2. The van der Waals surface area contributed by atoms with Gasteiger partial charge in [-0.05, 0) is 47.7 Å². The van der Waals surface area contributed by atoms with Gasteiger partial charge in [0.1, 0.15) is 0 Å². The summed E-state index contributed by atoms with van der Waals surface area (Å²) in [6.45, 7) is 16.6. The number of ether oxygens (including phenoxy) is 1. The van der Waals surface area contributed by atoms with Crippen LogP contribution in [0.3, 0.4) is 0 Å². The quantitative estimate of drug-likeness (QED) is 0.114. The maximum Gasteiger partial charge on any atom is 0.255 e. The third-order valence-corrected chi connectivity index (χ3v) is 5.95. The van der Waals surface area contributed by atoms with Crippen LogP contribution in [0.25, 0.3) is 0 Å². The van der Waals surface area contributed by atoms with Crippen LogP contribution in [-0.2, 0) is 5.41 Å². The van der Waals surface area contributed by atoms with Gasteiger partial charge in [0.05, 0.1) is 36.1 Å². The van der Waals surface area contributed by atoms with Crippen molar-refractivity contribution >= 4 is 29.2 Å². The summed E-state index contributed by atoms with van der Waals surface area (Å²) in [6.07, 6.45) is 4.85. The van der Waals surface area contributed by atoms with E-state index in [1.54, 1.807) is 26.3 Å². The van der Waals surface area contributed by atoms with E-state index in [0.717, 1.165) is 16.8 Å². The second kappa shape index (κ2) is 12.8. The molecule has 0 saturated carbocycles. The Hall–Kier alpha value is -4.24. The van der Waals surface area contributed by atoms with Crippen LogP contribution in [0, 0.1) is 6.92 Å². The third kappa shape index (κ3) is 7.39. The van der Waals surface area contributed by atoms with Crippen LogP contribution < -0.4 is 37.0 Å². The fraction of sp³-hybridized carbons (Fsp3) is 0.310. The lowest BCUT2D eigenvalue weighted by atomic mass is 9.86. The summed E-state index contributed by atoms with van der Waals surface area (Å²) in [4.78, 5) is 15.5. The van der Waals surface area contributed by atoms with E-state index in [9.17, 15) is 4.79 Å². The standard InChI is InChI=1S/C29H41N7O2/c1-10-13-35(8)26-16-22(29(4,5)6)15-24(27(26)38-9)34-28(37)21-12-11-19(2)25(14-21)36(31)18-23(30)20(3)17-33-32-7/h10-12,14-18,32H,1,3,13,30-31H2,2,4-9H3,(H,34,37)/b23-18-,33-17-. The van der Waals surface area contributed by atoms with Gasteiger partial charge in [-0.1, -0.05) is 39.5 Å². The van der Waals surface area contributed by atoms with Crippen LogP contribution in [0.2, 0.25) is 0 Å². The Morgan fingerprint density at radius 1 is 1.21 bits per heavy atom. The van der Waals surface area contributed by atoms with E-state index in [1.165, 1.54) is 17.4 Å². The number of amides is 1. The second-order valence-corrected chi connectivity index (χ2v) is 9.95. The number of carbonyl (C=O) groups excluding carboxylic acids is 1. The number of hydrogen-bond donors (Lipinski definition) is 4. The summed E-state index contributed by atoms with van der Waals surface area (Å²) < 4.78 is 5.76. The van der Waals surface area contributed by atoms with Gasteiger partial charge >= 0.3 is 0 Å². The Labute approximate surface area is 226 Å². The highest BCUT2D eigenvalue weighted by Gasteiger charge is 2.23. The second-order valence-electron chi connectivity index (χ2n) is 9.95. The van der Waals surface area contributed by atoms with Crippen molar-refractivity contribution < 1.29 is 9.53 Å². The monoisotopic (exact) mass is 519 g/mol. The molecule has 1 amide bonds. The lowest BCUT2D eigenvalue weighted by molar-refractivity contribution is 0.102. The average Bonchev–Trinajstić information content (AvgIpc) is 2.86. The molecule has 0 atom stereocenters. The van der Waals surface area contributed by atoms with Crippen LogP contribution in [0.5, 0.6) is 5.75 Å². The molecule has 0 spiro atoms. The highest BCUT2D eigenvalue weighted by atomic mass is 16.5. The highest BCUT2D eigenvalue weighted by Crippen LogP contribution is 2.40. The zero-order valence-corrected chi connectivity index (χ0v) is 23.6. The molecule has 0 aliphatic heterocycles. The minimum Gasteiger partial charge on any atom is -0.492 e. The minimum absolute atomic E-state index is 0.152. The highest BCUT2D eigenvalue weighted by molar-refractivity contribution is 6.06. The first-order valence-electron chi connectivity index (χ1n) is 12.2. The van der Waals surface area contributed by atoms with E-state index < -0.39 is 0 Å². The zero-order chi connectivity index (χ0) is 28.6. The number of allylic oxidation sites excluding steroid dienone is 1. The molecule has 0 aromatic heterocycles. The molecule has 0 unspecified atom stereocenters. The maximum atomic E-state index is 13.5. The lowest BCUT2D eigenvalue weighted by Crippen LogP contribution is -2.27. The topological polar surface area (TPSA) is 121 Å². The molecule has 204 valence electrons. The lowest BCUT2D eigenvalue weighted by Gasteiger charge is -2.27. The molecule has 0 aliphatic rings. The number of hydrazone groups is 1. The molecule has 9 nitrogen and oxygen atoms in total. The van der Waals surface area contributed by atoms with Gasteiger partial charge in [-0.15, -0.1) is 6.58 Å². The van der Waals surface area contributed by atoms with Crippen LogP contribution in [0.15, 0.2) is 72.1 Å². The molecule has 2 aromatic rings. The predicted octanol–water partition coefficient (Wildman–Crippen LogP) is 4.42. The number of carbonyl (C=O) groups is 1. The van der Waals surface area contributed by atoms with E-state index >= 15 is 0 Å². The largest absolute Gasteiger partial charge is 0.492 e. The Morgan fingerprint density at radius 2 is 1.89 bits per heavy atom. The first-order valence-corrected chi connectivity index (χ1v) is 12.2. The van der Waals surface area contributed by atoms with Crippen molar-refractivity contribution in [1.29, 1.82) is 0 Å². The van der Waals surface area contributed by atoms with Crippen molar-refractivity contribution in [3.05, 3.63) is 83.7 Å². The van der Waals surface area contributed by atoms with E-state index in [1.807, 2.05) is 37.1 Å². The first-order chi connectivity index (χ1) is 17.8. The van der Waals surface area contributed by atoms with Gasteiger partial charge in [-0.3, -0.25) is 9.80 Å². The Bertz CT molecular complexity index is 1240. The summed E-state index contributed by atoms with van der Waals surface area (Å²) in [6, 6.07) is 9.33. The number of nitrogens with zero attached hydrogens (tertiary/aromatic N) is 3. The number of methoxy groups -OCH3 is 1. The number of nitrogens with one attached hydrogen (secondary N) is 2. The fourth-order valence-corrected chi connectivity index (χ4v) is 3.67. The summed E-state index contributed by atoms with van der Waals surface area (Å²) in [5.41, 5.74) is 13.8. The SMILES string of the molecule is C=CCN(C)c1cc(C(C)(C)C)cc(NC(=O)c2ccc(C)c(N(N)/C=C(\N)C(=C)/C=N\NC)c2)c1OC. The van der Waals surface area contributed by atoms with Crippen molar-refractivity contribution in [1.82, 2.24) is 5.43 Å². The van der Waals surface area contributed by atoms with Crippen molar-refractivity contribution in [2.75, 3.05) is 43.0 Å². The number of benzene rings is 2.